The van der Waals surface area contributed by atoms with Crippen LogP contribution < -0.4 is 4.74 Å². The van der Waals surface area contributed by atoms with Gasteiger partial charge in [0.05, 0.1) is 18.2 Å². The first-order valence-corrected chi connectivity index (χ1v) is 4.72. The Balaban J connectivity index is 3.25. The Hall–Kier alpha value is -2.31. The first-order chi connectivity index (χ1) is 7.95. The van der Waals surface area contributed by atoms with E-state index >= 15 is 0 Å². The van der Waals surface area contributed by atoms with E-state index in [1.807, 2.05) is 0 Å². The topological polar surface area (TPSA) is 88.2 Å². The molecular weight excluding hydrogens is 226 g/mol. The Morgan fingerprint density at radius 2 is 2.18 bits per heavy atom. The second-order valence-corrected chi connectivity index (χ2v) is 3.44. The minimum absolute atomic E-state index is 0.0411. The van der Waals surface area contributed by atoms with E-state index in [9.17, 15) is 15.2 Å². The molecule has 0 radical (unpaired) electrons. The molecule has 0 unspecified atom stereocenters. The van der Waals surface area contributed by atoms with Crippen LogP contribution in [0.1, 0.15) is 5.56 Å². The molecule has 0 atom stereocenters. The lowest BCUT2D eigenvalue weighted by Gasteiger charge is -2.06. The average Bonchev–Trinajstić information content (AvgIpc) is 2.27. The Kier molecular flexibility index (Phi) is 3.86. The molecule has 92 valence electrons. The zero-order valence-electron chi connectivity index (χ0n) is 9.75. The molecule has 1 aromatic rings. The summed E-state index contributed by atoms with van der Waals surface area (Å²) in [6.07, 6.45) is 1.44. The van der Waals surface area contributed by atoms with Gasteiger partial charge in [-0.2, -0.15) is 5.10 Å². The Bertz CT molecular complexity index is 457. The van der Waals surface area contributed by atoms with Gasteiger partial charge >= 0.3 is 5.69 Å². The number of hydrogen-bond donors (Lipinski definition) is 1. The summed E-state index contributed by atoms with van der Waals surface area (Å²) in [5.41, 5.74) is 0.0598. The van der Waals surface area contributed by atoms with Crippen LogP contribution in [0.15, 0.2) is 17.2 Å². The first-order valence-electron chi connectivity index (χ1n) is 4.72. The number of nitro benzene ring substituents is 1. The quantitative estimate of drug-likeness (QED) is 0.484. The van der Waals surface area contributed by atoms with Crippen LogP contribution in [0.4, 0.5) is 5.69 Å². The summed E-state index contributed by atoms with van der Waals surface area (Å²) < 4.78 is 4.85. The highest BCUT2D eigenvalue weighted by Gasteiger charge is 2.19. The zero-order valence-corrected chi connectivity index (χ0v) is 9.75. The Labute approximate surface area is 98.1 Å². The summed E-state index contributed by atoms with van der Waals surface area (Å²) in [4.78, 5) is 10.0. The lowest BCUT2D eigenvalue weighted by atomic mass is 10.2. The predicted molar refractivity (Wildman–Crippen MR) is 62.6 cm³/mol. The van der Waals surface area contributed by atoms with Crippen LogP contribution in [-0.4, -0.2) is 42.5 Å². The molecule has 1 rings (SSSR count). The van der Waals surface area contributed by atoms with Crippen molar-refractivity contribution in [3.63, 3.8) is 0 Å². The molecule has 0 aliphatic heterocycles. The first kappa shape index (κ1) is 12.8. The van der Waals surface area contributed by atoms with E-state index in [1.54, 1.807) is 19.1 Å². The molecular formula is C10H13N3O4. The molecule has 0 bridgehead atoms. The number of ether oxygens (including phenoxy) is 1. The van der Waals surface area contributed by atoms with Gasteiger partial charge in [-0.1, -0.05) is 0 Å². The van der Waals surface area contributed by atoms with E-state index in [0.29, 0.717) is 5.56 Å². The van der Waals surface area contributed by atoms with Gasteiger partial charge in [-0.25, -0.2) is 0 Å². The van der Waals surface area contributed by atoms with Gasteiger partial charge in [-0.3, -0.25) is 10.1 Å². The van der Waals surface area contributed by atoms with Crippen molar-refractivity contribution in [1.82, 2.24) is 5.01 Å². The summed E-state index contributed by atoms with van der Waals surface area (Å²) in [5, 5.41) is 25.8. The molecule has 0 saturated carbocycles. The number of hydrogen-bond acceptors (Lipinski definition) is 6. The van der Waals surface area contributed by atoms with Gasteiger partial charge in [0.15, 0.2) is 5.75 Å². The van der Waals surface area contributed by atoms with Crippen molar-refractivity contribution in [2.24, 2.45) is 5.10 Å². The molecule has 0 amide bonds. The fourth-order valence-electron chi connectivity index (χ4n) is 1.17. The second-order valence-electron chi connectivity index (χ2n) is 3.44. The summed E-state index contributed by atoms with van der Waals surface area (Å²) in [6.45, 7) is 0. The van der Waals surface area contributed by atoms with Gasteiger partial charge < -0.3 is 14.9 Å². The maximum Gasteiger partial charge on any atom is 0.315 e. The normalized spacial score (nSPS) is 10.5. The number of phenolic OH excluding ortho intramolecular Hbond substituents is 1. The number of aromatic hydroxyl groups is 1. The van der Waals surface area contributed by atoms with Crippen molar-refractivity contribution in [2.45, 2.75) is 0 Å². The highest BCUT2D eigenvalue weighted by molar-refractivity contribution is 5.82. The minimum Gasteiger partial charge on any atom is -0.500 e. The monoisotopic (exact) mass is 239 g/mol. The smallest absolute Gasteiger partial charge is 0.315 e. The van der Waals surface area contributed by atoms with Crippen LogP contribution >= 0.6 is 0 Å². The molecule has 0 fully saturated rings. The van der Waals surface area contributed by atoms with E-state index in [4.69, 9.17) is 4.74 Å². The summed E-state index contributed by atoms with van der Waals surface area (Å²) >= 11 is 0. The fraction of sp³-hybridized carbons (Fsp3) is 0.300. The molecule has 0 heterocycles. The molecule has 0 saturated heterocycles. The van der Waals surface area contributed by atoms with Gasteiger partial charge in [0.25, 0.3) is 0 Å². The molecule has 0 spiro atoms. The van der Waals surface area contributed by atoms with Crippen molar-refractivity contribution < 1.29 is 14.8 Å². The second kappa shape index (κ2) is 5.15. The summed E-state index contributed by atoms with van der Waals surface area (Å²) in [5.74, 6) is -0.445. The van der Waals surface area contributed by atoms with E-state index in [-0.39, 0.29) is 5.75 Å². The highest BCUT2D eigenvalue weighted by atomic mass is 16.6. The number of phenols is 1. The number of benzene rings is 1. The average molecular weight is 239 g/mol. The molecule has 1 N–H and O–H groups in total. The van der Waals surface area contributed by atoms with Crippen LogP contribution in [0.2, 0.25) is 0 Å². The lowest BCUT2D eigenvalue weighted by Crippen LogP contribution is -2.02. The largest absolute Gasteiger partial charge is 0.500 e. The van der Waals surface area contributed by atoms with Crippen LogP contribution in [0.3, 0.4) is 0 Å². The van der Waals surface area contributed by atoms with Crippen LogP contribution in [0.5, 0.6) is 11.5 Å². The van der Waals surface area contributed by atoms with Crippen molar-refractivity contribution in [3.8, 4) is 11.5 Å². The number of nitro groups is 1. The molecule has 0 aromatic heterocycles. The molecule has 17 heavy (non-hydrogen) atoms. The van der Waals surface area contributed by atoms with E-state index in [2.05, 4.69) is 5.10 Å². The third kappa shape index (κ3) is 3.07. The molecule has 1 aromatic carbocycles. The maximum absolute atomic E-state index is 10.7. The fourth-order valence-corrected chi connectivity index (χ4v) is 1.17. The van der Waals surface area contributed by atoms with Crippen LogP contribution in [0, 0.1) is 10.1 Å². The Morgan fingerprint density at radius 1 is 1.53 bits per heavy atom. The van der Waals surface area contributed by atoms with Gasteiger partial charge in [-0.15, -0.1) is 0 Å². The van der Waals surface area contributed by atoms with E-state index in [0.717, 1.165) is 0 Å². The van der Waals surface area contributed by atoms with E-state index in [1.165, 1.54) is 25.5 Å². The third-order valence-electron chi connectivity index (χ3n) is 1.93. The van der Waals surface area contributed by atoms with Gasteiger partial charge in [0, 0.05) is 25.7 Å². The number of nitrogens with zero attached hydrogens (tertiary/aromatic N) is 3. The van der Waals surface area contributed by atoms with Crippen LogP contribution in [-0.2, 0) is 0 Å². The van der Waals surface area contributed by atoms with Crippen molar-refractivity contribution in [3.05, 3.63) is 27.8 Å². The predicted octanol–water partition coefficient (Wildman–Crippen LogP) is 1.20. The van der Waals surface area contributed by atoms with E-state index < -0.39 is 16.4 Å². The highest BCUT2D eigenvalue weighted by Crippen LogP contribution is 2.36. The van der Waals surface area contributed by atoms with Crippen molar-refractivity contribution >= 4 is 11.9 Å². The summed E-state index contributed by atoms with van der Waals surface area (Å²) in [6, 6.07) is 2.69. The molecule has 7 heteroatoms. The van der Waals surface area contributed by atoms with Gasteiger partial charge in [0.2, 0.25) is 5.75 Å². The standard InChI is InChI=1S/C10H13N3O4/c1-12(2)11-6-7-4-8(13(15)16)10(14)9(5-7)17-3/h4-6,14H,1-3H3/b11-6+. The number of methoxy groups -OCH3 is 1. The number of rotatable bonds is 4. The molecule has 0 aliphatic rings. The van der Waals surface area contributed by atoms with Crippen molar-refractivity contribution in [2.75, 3.05) is 21.2 Å². The van der Waals surface area contributed by atoms with Crippen molar-refractivity contribution in [1.29, 1.82) is 0 Å². The number of hydrazone groups is 1. The SMILES string of the molecule is COc1cc(/C=N/N(C)C)cc([N+](=O)[O-])c1O. The van der Waals surface area contributed by atoms with Gasteiger partial charge in [0.1, 0.15) is 0 Å². The summed E-state index contributed by atoms with van der Waals surface area (Å²) in [7, 11) is 4.77. The van der Waals surface area contributed by atoms with Gasteiger partial charge in [-0.05, 0) is 6.07 Å². The minimum atomic E-state index is -0.676. The lowest BCUT2D eigenvalue weighted by molar-refractivity contribution is -0.386. The maximum atomic E-state index is 10.7. The van der Waals surface area contributed by atoms with Crippen LogP contribution in [0.25, 0.3) is 0 Å². The Morgan fingerprint density at radius 3 is 2.65 bits per heavy atom. The molecule has 0 aliphatic carbocycles. The third-order valence-corrected chi connectivity index (χ3v) is 1.93. The molecule has 7 nitrogen and oxygen atoms in total. The zero-order chi connectivity index (χ0) is 13.0.